The van der Waals surface area contributed by atoms with Gasteiger partial charge in [0, 0.05) is 25.7 Å². The molecular formula is C16H25N3O2S. The van der Waals surface area contributed by atoms with Gasteiger partial charge in [0.15, 0.2) is 0 Å². The first-order valence-corrected chi connectivity index (χ1v) is 8.60. The van der Waals surface area contributed by atoms with Gasteiger partial charge in [-0.2, -0.15) is 0 Å². The molecule has 0 unspecified atom stereocenters. The van der Waals surface area contributed by atoms with Gasteiger partial charge >= 0.3 is 6.03 Å². The molecule has 1 aromatic rings. The number of thiophene rings is 1. The second-order valence-corrected chi connectivity index (χ2v) is 7.88. The lowest BCUT2D eigenvalue weighted by Crippen LogP contribution is -2.50. The van der Waals surface area contributed by atoms with Gasteiger partial charge < -0.3 is 15.5 Å². The molecule has 1 fully saturated rings. The fourth-order valence-corrected chi connectivity index (χ4v) is 3.06. The first-order chi connectivity index (χ1) is 10.3. The lowest BCUT2D eigenvalue weighted by molar-refractivity contribution is 0.0713. The lowest BCUT2D eigenvalue weighted by atomic mass is 9.97. The third kappa shape index (κ3) is 5.02. The van der Waals surface area contributed by atoms with Crippen LogP contribution in [0.25, 0.3) is 0 Å². The number of likely N-dealkylation sites (tertiary alicyclic amines) is 1. The smallest absolute Gasteiger partial charge is 0.315 e. The van der Waals surface area contributed by atoms with Crippen LogP contribution in [0.15, 0.2) is 17.5 Å². The van der Waals surface area contributed by atoms with Crippen molar-refractivity contribution in [2.75, 3.05) is 19.6 Å². The maximum atomic E-state index is 12.2. The molecule has 1 aliphatic rings. The van der Waals surface area contributed by atoms with Crippen molar-refractivity contribution in [2.45, 2.75) is 39.7 Å². The van der Waals surface area contributed by atoms with Crippen LogP contribution in [0.2, 0.25) is 0 Å². The van der Waals surface area contributed by atoms with E-state index in [1.807, 2.05) is 22.4 Å². The summed E-state index contributed by atoms with van der Waals surface area (Å²) in [6.07, 6.45) is 1.61. The van der Waals surface area contributed by atoms with Gasteiger partial charge in [-0.1, -0.05) is 26.8 Å². The molecule has 0 radical (unpaired) electrons. The molecule has 6 heteroatoms. The molecule has 1 aromatic heterocycles. The maximum Gasteiger partial charge on any atom is 0.315 e. The summed E-state index contributed by atoms with van der Waals surface area (Å²) < 4.78 is 0. The second-order valence-electron chi connectivity index (χ2n) is 6.93. The monoisotopic (exact) mass is 323 g/mol. The maximum absolute atomic E-state index is 12.2. The summed E-state index contributed by atoms with van der Waals surface area (Å²) in [5.74, 6) is 0.102. The Kier molecular flexibility index (Phi) is 5.45. The summed E-state index contributed by atoms with van der Waals surface area (Å²) in [5.41, 5.74) is 0.0772. The molecule has 5 nitrogen and oxygen atoms in total. The Morgan fingerprint density at radius 1 is 1.32 bits per heavy atom. The van der Waals surface area contributed by atoms with Crippen LogP contribution in [-0.2, 0) is 0 Å². The third-order valence-electron chi connectivity index (χ3n) is 3.63. The summed E-state index contributed by atoms with van der Waals surface area (Å²) in [5, 5.41) is 7.82. The zero-order valence-corrected chi connectivity index (χ0v) is 14.3. The molecule has 22 heavy (non-hydrogen) atoms. The summed E-state index contributed by atoms with van der Waals surface area (Å²) in [6, 6.07) is 3.79. The Balaban J connectivity index is 1.73. The molecule has 0 aromatic carbocycles. The van der Waals surface area contributed by atoms with Crippen LogP contribution in [0.5, 0.6) is 0 Å². The van der Waals surface area contributed by atoms with E-state index in [-0.39, 0.29) is 23.4 Å². The first-order valence-electron chi connectivity index (χ1n) is 7.72. The number of piperidine rings is 1. The molecule has 2 heterocycles. The quantitative estimate of drug-likeness (QED) is 0.898. The predicted octanol–water partition coefficient (Wildman–Crippen LogP) is 2.70. The zero-order valence-electron chi connectivity index (χ0n) is 13.5. The highest BCUT2D eigenvalue weighted by Crippen LogP contribution is 2.17. The summed E-state index contributed by atoms with van der Waals surface area (Å²) in [4.78, 5) is 26.8. The van der Waals surface area contributed by atoms with Gasteiger partial charge in [0.25, 0.3) is 5.91 Å². The topological polar surface area (TPSA) is 61.4 Å². The van der Waals surface area contributed by atoms with Gasteiger partial charge in [0.05, 0.1) is 4.88 Å². The van der Waals surface area contributed by atoms with Crippen molar-refractivity contribution in [3.8, 4) is 0 Å². The number of hydrogen-bond acceptors (Lipinski definition) is 3. The molecule has 1 aliphatic heterocycles. The standard InChI is InChI=1S/C16H25N3O2S/c1-16(2,3)11-17-15(21)18-12-6-8-19(9-7-12)14(20)13-5-4-10-22-13/h4-5,10,12H,6-9,11H2,1-3H3,(H2,17,18,21). The Labute approximate surface area is 136 Å². The number of nitrogens with one attached hydrogen (secondary N) is 2. The Morgan fingerprint density at radius 2 is 2.00 bits per heavy atom. The lowest BCUT2D eigenvalue weighted by Gasteiger charge is -2.32. The Morgan fingerprint density at radius 3 is 2.55 bits per heavy atom. The van der Waals surface area contributed by atoms with E-state index in [0.717, 1.165) is 17.7 Å². The van der Waals surface area contributed by atoms with E-state index < -0.39 is 0 Å². The molecule has 0 saturated carbocycles. The number of urea groups is 1. The summed E-state index contributed by atoms with van der Waals surface area (Å²) in [6.45, 7) is 8.29. The molecule has 2 N–H and O–H groups in total. The van der Waals surface area contributed by atoms with Crippen LogP contribution in [-0.4, -0.2) is 42.5 Å². The van der Waals surface area contributed by atoms with Gasteiger partial charge in [-0.3, -0.25) is 4.79 Å². The van der Waals surface area contributed by atoms with Gasteiger partial charge in [0.1, 0.15) is 0 Å². The minimum absolute atomic E-state index is 0.0772. The number of amides is 3. The summed E-state index contributed by atoms with van der Waals surface area (Å²) >= 11 is 1.47. The van der Waals surface area contributed by atoms with Gasteiger partial charge in [-0.25, -0.2) is 4.79 Å². The van der Waals surface area contributed by atoms with Crippen LogP contribution in [0.3, 0.4) is 0 Å². The largest absolute Gasteiger partial charge is 0.338 e. The van der Waals surface area contributed by atoms with Crippen LogP contribution in [0, 0.1) is 5.41 Å². The average Bonchev–Trinajstić information content (AvgIpc) is 2.99. The SMILES string of the molecule is CC(C)(C)CNC(=O)NC1CCN(C(=O)c2cccs2)CC1. The normalized spacial score (nSPS) is 16.4. The van der Waals surface area contributed by atoms with Crippen molar-refractivity contribution in [3.05, 3.63) is 22.4 Å². The van der Waals surface area contributed by atoms with E-state index in [0.29, 0.717) is 19.6 Å². The van der Waals surface area contributed by atoms with E-state index in [1.165, 1.54) is 11.3 Å². The molecule has 2 rings (SSSR count). The van der Waals surface area contributed by atoms with Gasteiger partial charge in [-0.05, 0) is 29.7 Å². The molecule has 122 valence electrons. The van der Waals surface area contributed by atoms with Crippen molar-refractivity contribution in [1.29, 1.82) is 0 Å². The fourth-order valence-electron chi connectivity index (χ4n) is 2.36. The fraction of sp³-hybridized carbons (Fsp3) is 0.625. The number of nitrogens with zero attached hydrogens (tertiary/aromatic N) is 1. The average molecular weight is 323 g/mol. The van der Waals surface area contributed by atoms with Crippen molar-refractivity contribution in [2.24, 2.45) is 5.41 Å². The van der Waals surface area contributed by atoms with E-state index in [1.54, 1.807) is 0 Å². The number of carbonyl (C=O) groups excluding carboxylic acids is 2. The van der Waals surface area contributed by atoms with Crippen molar-refractivity contribution >= 4 is 23.3 Å². The zero-order chi connectivity index (χ0) is 16.2. The van der Waals surface area contributed by atoms with Crippen LogP contribution in [0.1, 0.15) is 43.3 Å². The molecule has 3 amide bonds. The first kappa shape index (κ1) is 16.8. The Hall–Kier alpha value is -1.56. The molecule has 0 aliphatic carbocycles. The van der Waals surface area contributed by atoms with E-state index in [9.17, 15) is 9.59 Å². The van der Waals surface area contributed by atoms with Gasteiger partial charge in [-0.15, -0.1) is 11.3 Å². The highest BCUT2D eigenvalue weighted by atomic mass is 32.1. The van der Waals surface area contributed by atoms with E-state index in [2.05, 4.69) is 31.4 Å². The molecule has 1 saturated heterocycles. The number of carbonyl (C=O) groups is 2. The number of hydrogen-bond donors (Lipinski definition) is 2. The molecule has 0 atom stereocenters. The second kappa shape index (κ2) is 7.13. The highest BCUT2D eigenvalue weighted by molar-refractivity contribution is 7.12. The Bertz CT molecular complexity index is 500. The van der Waals surface area contributed by atoms with Gasteiger partial charge in [0.2, 0.25) is 0 Å². The number of rotatable bonds is 3. The van der Waals surface area contributed by atoms with Crippen LogP contribution < -0.4 is 10.6 Å². The molecule has 0 spiro atoms. The van der Waals surface area contributed by atoms with Crippen molar-refractivity contribution in [3.63, 3.8) is 0 Å². The minimum atomic E-state index is -0.113. The van der Waals surface area contributed by atoms with Crippen LogP contribution in [0.4, 0.5) is 4.79 Å². The predicted molar refractivity (Wildman–Crippen MR) is 89.2 cm³/mol. The third-order valence-corrected chi connectivity index (χ3v) is 4.49. The molecule has 0 bridgehead atoms. The summed E-state index contributed by atoms with van der Waals surface area (Å²) in [7, 11) is 0. The van der Waals surface area contributed by atoms with E-state index >= 15 is 0 Å². The van der Waals surface area contributed by atoms with E-state index in [4.69, 9.17) is 0 Å². The van der Waals surface area contributed by atoms with Crippen molar-refractivity contribution in [1.82, 2.24) is 15.5 Å². The highest BCUT2D eigenvalue weighted by Gasteiger charge is 2.25. The van der Waals surface area contributed by atoms with Crippen molar-refractivity contribution < 1.29 is 9.59 Å². The van der Waals surface area contributed by atoms with Crippen LogP contribution >= 0.6 is 11.3 Å². The molecular weight excluding hydrogens is 298 g/mol. The minimum Gasteiger partial charge on any atom is -0.338 e.